The molecule has 0 fully saturated rings. The number of hydrogen-bond acceptors (Lipinski definition) is 1. The van der Waals surface area contributed by atoms with Crippen molar-refractivity contribution in [1.82, 2.24) is 0 Å². The second-order valence-corrected chi connectivity index (χ2v) is 4.55. The molecular formula is C12H17Cl2N. The van der Waals surface area contributed by atoms with E-state index in [4.69, 9.17) is 28.9 Å². The van der Waals surface area contributed by atoms with Crippen molar-refractivity contribution in [1.29, 1.82) is 0 Å². The monoisotopic (exact) mass is 245 g/mol. The normalized spacial score (nSPS) is 13.2. The van der Waals surface area contributed by atoms with Gasteiger partial charge in [-0.15, -0.1) is 0 Å². The number of rotatable bonds is 4. The van der Waals surface area contributed by atoms with Crippen molar-refractivity contribution >= 4 is 23.2 Å². The van der Waals surface area contributed by atoms with Gasteiger partial charge in [-0.1, -0.05) is 56.0 Å². The molecule has 1 aromatic rings. The van der Waals surface area contributed by atoms with Crippen LogP contribution in [0.2, 0.25) is 10.0 Å². The second kappa shape index (κ2) is 5.74. The van der Waals surface area contributed by atoms with Crippen LogP contribution in [0.1, 0.15) is 38.3 Å². The van der Waals surface area contributed by atoms with Crippen LogP contribution in [0.25, 0.3) is 0 Å². The molecule has 0 aliphatic heterocycles. The highest BCUT2D eigenvalue weighted by Gasteiger charge is 2.20. The van der Waals surface area contributed by atoms with Gasteiger partial charge in [-0.25, -0.2) is 0 Å². The first kappa shape index (κ1) is 12.8. The minimum Gasteiger partial charge on any atom is -0.324 e. The summed E-state index contributed by atoms with van der Waals surface area (Å²) in [6.45, 7) is 4.28. The summed E-state index contributed by atoms with van der Waals surface area (Å²) in [7, 11) is 0. The Morgan fingerprint density at radius 2 is 1.60 bits per heavy atom. The van der Waals surface area contributed by atoms with Crippen molar-refractivity contribution in [3.05, 3.63) is 33.8 Å². The van der Waals surface area contributed by atoms with Gasteiger partial charge in [-0.3, -0.25) is 0 Å². The third-order valence-electron chi connectivity index (χ3n) is 2.89. The van der Waals surface area contributed by atoms with E-state index in [1.807, 2.05) is 18.2 Å². The number of hydrogen-bond donors (Lipinski definition) is 1. The van der Waals surface area contributed by atoms with Crippen LogP contribution >= 0.6 is 23.2 Å². The minimum absolute atomic E-state index is 0.0683. The number of benzene rings is 1. The third kappa shape index (κ3) is 2.87. The maximum atomic E-state index is 6.19. The lowest BCUT2D eigenvalue weighted by atomic mass is 9.89. The molecule has 0 radical (unpaired) electrons. The van der Waals surface area contributed by atoms with Gasteiger partial charge in [0.15, 0.2) is 0 Å². The van der Waals surface area contributed by atoms with Crippen LogP contribution in [-0.2, 0) is 0 Å². The van der Waals surface area contributed by atoms with Gasteiger partial charge in [0.2, 0.25) is 0 Å². The molecule has 0 heterocycles. The molecule has 0 amide bonds. The van der Waals surface area contributed by atoms with Crippen LogP contribution < -0.4 is 5.73 Å². The topological polar surface area (TPSA) is 26.0 Å². The first-order valence-electron chi connectivity index (χ1n) is 5.31. The van der Waals surface area contributed by atoms with Gasteiger partial charge < -0.3 is 5.73 Å². The maximum absolute atomic E-state index is 6.19. The number of halogens is 2. The predicted octanol–water partition coefficient (Wildman–Crippen LogP) is 4.43. The lowest BCUT2D eigenvalue weighted by Gasteiger charge is -2.23. The zero-order valence-corrected chi connectivity index (χ0v) is 10.6. The summed E-state index contributed by atoms with van der Waals surface area (Å²) in [6, 6.07) is 5.45. The zero-order chi connectivity index (χ0) is 11.4. The van der Waals surface area contributed by atoms with Crippen LogP contribution in [0.4, 0.5) is 0 Å². The van der Waals surface area contributed by atoms with Crippen LogP contribution in [0.3, 0.4) is 0 Å². The van der Waals surface area contributed by atoms with E-state index >= 15 is 0 Å². The largest absolute Gasteiger partial charge is 0.324 e. The van der Waals surface area contributed by atoms with Gasteiger partial charge in [0.25, 0.3) is 0 Å². The lowest BCUT2D eigenvalue weighted by Crippen LogP contribution is -2.21. The van der Waals surface area contributed by atoms with E-state index in [9.17, 15) is 0 Å². The summed E-state index contributed by atoms with van der Waals surface area (Å²) >= 11 is 12.2. The van der Waals surface area contributed by atoms with Gasteiger partial charge in [0, 0.05) is 21.7 Å². The highest BCUT2D eigenvalue weighted by Crippen LogP contribution is 2.34. The lowest BCUT2D eigenvalue weighted by molar-refractivity contribution is 0.405. The quantitative estimate of drug-likeness (QED) is 0.835. The van der Waals surface area contributed by atoms with Crippen LogP contribution in [0.15, 0.2) is 18.2 Å². The summed E-state index contributed by atoms with van der Waals surface area (Å²) in [5, 5.41) is 1.34. The van der Waals surface area contributed by atoms with Crippen molar-refractivity contribution in [3.8, 4) is 0 Å². The van der Waals surface area contributed by atoms with Crippen molar-refractivity contribution in [2.24, 2.45) is 11.7 Å². The Labute approximate surface area is 102 Å². The molecule has 0 bridgehead atoms. The van der Waals surface area contributed by atoms with Crippen molar-refractivity contribution < 1.29 is 0 Å². The molecule has 1 aromatic carbocycles. The van der Waals surface area contributed by atoms with Crippen LogP contribution in [0, 0.1) is 5.92 Å². The number of nitrogens with two attached hydrogens (primary N) is 1. The zero-order valence-electron chi connectivity index (χ0n) is 9.13. The molecule has 0 saturated carbocycles. The SMILES string of the molecule is CCC(CC)C(N)c1c(Cl)cccc1Cl. The van der Waals surface area contributed by atoms with E-state index < -0.39 is 0 Å². The van der Waals surface area contributed by atoms with Gasteiger partial charge in [0.05, 0.1) is 0 Å². The molecule has 0 saturated heterocycles. The smallest absolute Gasteiger partial charge is 0.0468 e. The summed E-state index contributed by atoms with van der Waals surface area (Å²) in [6.07, 6.45) is 2.08. The first-order valence-corrected chi connectivity index (χ1v) is 6.06. The fourth-order valence-electron chi connectivity index (χ4n) is 1.86. The molecule has 0 spiro atoms. The summed E-state index contributed by atoms with van der Waals surface area (Å²) < 4.78 is 0. The highest BCUT2D eigenvalue weighted by atomic mass is 35.5. The molecule has 0 aliphatic carbocycles. The highest BCUT2D eigenvalue weighted by molar-refractivity contribution is 6.36. The average molecular weight is 246 g/mol. The third-order valence-corrected chi connectivity index (χ3v) is 3.55. The van der Waals surface area contributed by atoms with Crippen LogP contribution in [0.5, 0.6) is 0 Å². The fraction of sp³-hybridized carbons (Fsp3) is 0.500. The molecule has 0 aliphatic rings. The molecule has 3 heteroatoms. The summed E-state index contributed by atoms with van der Waals surface area (Å²) in [4.78, 5) is 0. The fourth-order valence-corrected chi connectivity index (χ4v) is 2.51. The molecule has 1 nitrogen and oxygen atoms in total. The van der Waals surface area contributed by atoms with E-state index in [1.54, 1.807) is 0 Å². The minimum atomic E-state index is -0.0683. The predicted molar refractivity (Wildman–Crippen MR) is 67.5 cm³/mol. The van der Waals surface area contributed by atoms with Gasteiger partial charge >= 0.3 is 0 Å². The van der Waals surface area contributed by atoms with E-state index in [-0.39, 0.29) is 6.04 Å². The van der Waals surface area contributed by atoms with Crippen molar-refractivity contribution in [2.75, 3.05) is 0 Å². The molecule has 1 unspecified atom stereocenters. The molecule has 1 atom stereocenters. The Morgan fingerprint density at radius 1 is 1.13 bits per heavy atom. The Morgan fingerprint density at radius 3 is 2.00 bits per heavy atom. The molecule has 2 N–H and O–H groups in total. The van der Waals surface area contributed by atoms with Gasteiger partial charge in [-0.05, 0) is 18.1 Å². The summed E-state index contributed by atoms with van der Waals surface area (Å²) in [5.74, 6) is 0.433. The van der Waals surface area contributed by atoms with E-state index in [0.717, 1.165) is 18.4 Å². The summed E-state index contributed by atoms with van der Waals surface area (Å²) in [5.41, 5.74) is 7.08. The van der Waals surface area contributed by atoms with Crippen molar-refractivity contribution in [2.45, 2.75) is 32.7 Å². The van der Waals surface area contributed by atoms with E-state index in [1.165, 1.54) is 0 Å². The van der Waals surface area contributed by atoms with Gasteiger partial charge in [0.1, 0.15) is 0 Å². The standard InChI is InChI=1S/C12H17Cl2N/c1-3-8(4-2)12(15)11-9(13)6-5-7-10(11)14/h5-8,12H,3-4,15H2,1-2H3. The van der Waals surface area contributed by atoms with Crippen molar-refractivity contribution in [3.63, 3.8) is 0 Å². The average Bonchev–Trinajstić information content (AvgIpc) is 2.19. The molecule has 84 valence electrons. The van der Waals surface area contributed by atoms with Gasteiger partial charge in [-0.2, -0.15) is 0 Å². The molecule has 15 heavy (non-hydrogen) atoms. The first-order chi connectivity index (χ1) is 7.11. The Kier molecular flexibility index (Phi) is 4.91. The Hall–Kier alpha value is -0.240. The Bertz CT molecular complexity index is 301. The molecule has 0 aromatic heterocycles. The van der Waals surface area contributed by atoms with E-state index in [0.29, 0.717) is 16.0 Å². The van der Waals surface area contributed by atoms with Crippen LogP contribution in [-0.4, -0.2) is 0 Å². The maximum Gasteiger partial charge on any atom is 0.0468 e. The van der Waals surface area contributed by atoms with E-state index in [2.05, 4.69) is 13.8 Å². The molecular weight excluding hydrogens is 229 g/mol. The Balaban J connectivity index is 3.04. The second-order valence-electron chi connectivity index (χ2n) is 3.74. The molecule has 1 rings (SSSR count).